The first-order chi connectivity index (χ1) is 13.4. The Hall–Kier alpha value is -2.77. The van der Waals surface area contributed by atoms with Gasteiger partial charge in [0.05, 0.1) is 46.1 Å². The predicted octanol–water partition coefficient (Wildman–Crippen LogP) is 3.30. The number of hydrazone groups is 1. The van der Waals surface area contributed by atoms with Crippen molar-refractivity contribution in [1.29, 1.82) is 0 Å². The lowest BCUT2D eigenvalue weighted by atomic mass is 9.83. The van der Waals surface area contributed by atoms with E-state index in [1.54, 1.807) is 36.3 Å². The molecule has 0 saturated carbocycles. The molecule has 0 fully saturated rings. The van der Waals surface area contributed by atoms with Crippen LogP contribution in [0.3, 0.4) is 0 Å². The maximum atomic E-state index is 13.1. The largest absolute Gasteiger partial charge is 0.378 e. The standard InChI is InChI=1S/C20H20ClN5O2/c1-20(2)18(24-26(19(20)27)10-13-5-4-8-22-9-13)17-15(12-28-3)23-25-11-14(21)6-7-16(17)25/h4-9,11H,10,12H2,1-3H3. The van der Waals surface area contributed by atoms with E-state index in [1.165, 1.54) is 5.01 Å². The lowest BCUT2D eigenvalue weighted by Crippen LogP contribution is -2.35. The van der Waals surface area contributed by atoms with Gasteiger partial charge >= 0.3 is 0 Å². The summed E-state index contributed by atoms with van der Waals surface area (Å²) in [5, 5.41) is 11.4. The maximum absolute atomic E-state index is 13.1. The van der Waals surface area contributed by atoms with Crippen molar-refractivity contribution < 1.29 is 9.53 Å². The highest BCUT2D eigenvalue weighted by atomic mass is 35.5. The first-order valence-corrected chi connectivity index (χ1v) is 9.25. The van der Waals surface area contributed by atoms with Gasteiger partial charge < -0.3 is 4.74 Å². The number of halogens is 1. The Morgan fingerprint density at radius 1 is 1.25 bits per heavy atom. The highest BCUT2D eigenvalue weighted by Gasteiger charge is 2.45. The number of pyridine rings is 2. The number of nitrogens with zero attached hydrogens (tertiary/aromatic N) is 5. The molecule has 0 spiro atoms. The Bertz CT molecular complexity index is 1070. The number of hydrogen-bond donors (Lipinski definition) is 0. The van der Waals surface area contributed by atoms with E-state index in [0.29, 0.717) is 29.6 Å². The summed E-state index contributed by atoms with van der Waals surface area (Å²) in [5.41, 5.74) is 3.15. The third-order valence-electron chi connectivity index (χ3n) is 4.82. The van der Waals surface area contributed by atoms with Crippen LogP contribution in [0, 0.1) is 5.41 Å². The molecule has 0 N–H and O–H groups in total. The van der Waals surface area contributed by atoms with Crippen molar-refractivity contribution >= 4 is 28.7 Å². The Morgan fingerprint density at radius 2 is 2.07 bits per heavy atom. The lowest BCUT2D eigenvalue weighted by Gasteiger charge is -2.19. The van der Waals surface area contributed by atoms with Crippen molar-refractivity contribution in [3.8, 4) is 0 Å². The monoisotopic (exact) mass is 397 g/mol. The van der Waals surface area contributed by atoms with Gasteiger partial charge in [0.1, 0.15) is 0 Å². The summed E-state index contributed by atoms with van der Waals surface area (Å²) in [6.07, 6.45) is 5.17. The van der Waals surface area contributed by atoms with Crippen LogP contribution in [-0.4, -0.2) is 38.3 Å². The molecule has 0 unspecified atom stereocenters. The summed E-state index contributed by atoms with van der Waals surface area (Å²) in [6.45, 7) is 4.44. The van der Waals surface area contributed by atoms with Crippen LogP contribution in [0.25, 0.3) is 5.52 Å². The molecule has 144 valence electrons. The van der Waals surface area contributed by atoms with E-state index in [4.69, 9.17) is 21.4 Å². The van der Waals surface area contributed by atoms with Gasteiger partial charge in [0.25, 0.3) is 5.91 Å². The van der Waals surface area contributed by atoms with Gasteiger partial charge in [-0.25, -0.2) is 9.52 Å². The molecule has 0 saturated heterocycles. The van der Waals surface area contributed by atoms with Crippen LogP contribution in [0.4, 0.5) is 0 Å². The van der Waals surface area contributed by atoms with Crippen molar-refractivity contribution in [3.05, 3.63) is 64.7 Å². The van der Waals surface area contributed by atoms with Crippen molar-refractivity contribution in [2.24, 2.45) is 10.5 Å². The van der Waals surface area contributed by atoms with Gasteiger partial charge in [-0.2, -0.15) is 10.2 Å². The molecule has 4 heterocycles. The smallest absolute Gasteiger partial charge is 0.254 e. The summed E-state index contributed by atoms with van der Waals surface area (Å²) >= 11 is 6.12. The fourth-order valence-corrected chi connectivity index (χ4v) is 3.57. The van der Waals surface area contributed by atoms with Crippen LogP contribution >= 0.6 is 11.6 Å². The number of hydrogen-bond acceptors (Lipinski definition) is 5. The van der Waals surface area contributed by atoms with Gasteiger partial charge in [-0.3, -0.25) is 9.78 Å². The molecule has 4 rings (SSSR count). The highest BCUT2D eigenvalue weighted by Crippen LogP contribution is 2.36. The second kappa shape index (κ2) is 7.00. The molecule has 1 aliphatic heterocycles. The zero-order valence-corrected chi connectivity index (χ0v) is 16.6. The fraction of sp³-hybridized carbons (Fsp3) is 0.300. The molecule has 0 aromatic carbocycles. The molecular formula is C20H20ClN5O2. The van der Waals surface area contributed by atoms with Crippen molar-refractivity contribution in [3.63, 3.8) is 0 Å². The minimum atomic E-state index is -0.798. The summed E-state index contributed by atoms with van der Waals surface area (Å²) in [4.78, 5) is 17.2. The number of amides is 1. The average molecular weight is 398 g/mol. The molecule has 1 amide bonds. The number of carbonyl (C=O) groups is 1. The summed E-state index contributed by atoms with van der Waals surface area (Å²) < 4.78 is 7.04. The molecule has 3 aromatic rings. The van der Waals surface area contributed by atoms with E-state index >= 15 is 0 Å². The van der Waals surface area contributed by atoms with E-state index in [2.05, 4.69) is 10.1 Å². The van der Waals surface area contributed by atoms with Crippen molar-refractivity contribution in [2.75, 3.05) is 7.11 Å². The van der Waals surface area contributed by atoms with E-state index in [0.717, 1.165) is 16.6 Å². The molecule has 3 aromatic heterocycles. The second-order valence-electron chi connectivity index (χ2n) is 7.23. The van der Waals surface area contributed by atoms with Gasteiger partial charge in [-0.1, -0.05) is 17.7 Å². The number of methoxy groups -OCH3 is 1. The van der Waals surface area contributed by atoms with E-state index in [9.17, 15) is 4.79 Å². The second-order valence-corrected chi connectivity index (χ2v) is 7.67. The van der Waals surface area contributed by atoms with Crippen LogP contribution in [0.2, 0.25) is 5.02 Å². The lowest BCUT2D eigenvalue weighted by molar-refractivity contribution is -0.135. The number of fused-ring (bicyclic) bond motifs is 1. The van der Waals surface area contributed by atoms with Crippen molar-refractivity contribution in [2.45, 2.75) is 27.0 Å². The van der Waals surface area contributed by atoms with Crippen molar-refractivity contribution in [1.82, 2.24) is 19.6 Å². The fourth-order valence-electron chi connectivity index (χ4n) is 3.42. The first kappa shape index (κ1) is 18.6. The van der Waals surface area contributed by atoms with Gasteiger partial charge in [-0.05, 0) is 37.6 Å². The number of rotatable bonds is 5. The Labute approximate surface area is 167 Å². The molecule has 0 aliphatic carbocycles. The predicted molar refractivity (Wildman–Crippen MR) is 106 cm³/mol. The third kappa shape index (κ3) is 3.06. The molecule has 0 atom stereocenters. The molecule has 0 radical (unpaired) electrons. The first-order valence-electron chi connectivity index (χ1n) is 8.88. The van der Waals surface area contributed by atoms with Gasteiger partial charge in [0.2, 0.25) is 0 Å². The Morgan fingerprint density at radius 3 is 2.79 bits per heavy atom. The van der Waals surface area contributed by atoms with Gasteiger partial charge in [-0.15, -0.1) is 0 Å². The van der Waals surface area contributed by atoms with E-state index < -0.39 is 5.41 Å². The summed E-state index contributed by atoms with van der Waals surface area (Å²) in [6, 6.07) is 7.46. The van der Waals surface area contributed by atoms with Crippen LogP contribution in [-0.2, 0) is 22.7 Å². The molecule has 0 bridgehead atoms. The third-order valence-corrected chi connectivity index (χ3v) is 5.04. The maximum Gasteiger partial charge on any atom is 0.254 e. The topological polar surface area (TPSA) is 72.1 Å². The Kier molecular flexibility index (Phi) is 4.64. The molecule has 7 nitrogen and oxygen atoms in total. The highest BCUT2D eigenvalue weighted by molar-refractivity contribution is 6.30. The number of aromatic nitrogens is 3. The minimum absolute atomic E-state index is 0.0666. The molecule has 1 aliphatic rings. The molecular weight excluding hydrogens is 378 g/mol. The average Bonchev–Trinajstić information content (AvgIpc) is 3.11. The van der Waals surface area contributed by atoms with Gasteiger partial charge in [0.15, 0.2) is 0 Å². The van der Waals surface area contributed by atoms with Crippen LogP contribution in [0.5, 0.6) is 0 Å². The van der Waals surface area contributed by atoms with E-state index in [1.807, 2.05) is 32.0 Å². The zero-order valence-electron chi connectivity index (χ0n) is 15.9. The van der Waals surface area contributed by atoms with Gasteiger partial charge in [0, 0.05) is 25.7 Å². The minimum Gasteiger partial charge on any atom is -0.378 e. The number of carbonyl (C=O) groups excluding carboxylic acids is 1. The SMILES string of the molecule is COCc1nn2cc(Cl)ccc2c1C1=NN(Cc2cccnc2)C(=O)C1(C)C. The Balaban J connectivity index is 1.83. The molecule has 8 heteroatoms. The summed E-state index contributed by atoms with van der Waals surface area (Å²) in [7, 11) is 1.61. The van der Waals surface area contributed by atoms with E-state index in [-0.39, 0.29) is 5.91 Å². The van der Waals surface area contributed by atoms with Crippen LogP contribution < -0.4 is 0 Å². The quantitative estimate of drug-likeness (QED) is 0.662. The number of ether oxygens (including phenoxy) is 1. The zero-order chi connectivity index (χ0) is 19.9. The summed E-state index contributed by atoms with van der Waals surface area (Å²) in [5.74, 6) is -0.0666. The van der Waals surface area contributed by atoms with Crippen LogP contribution in [0.15, 0.2) is 48.0 Å². The van der Waals surface area contributed by atoms with Crippen LogP contribution in [0.1, 0.15) is 30.7 Å². The normalized spacial score (nSPS) is 16.1. The molecule has 28 heavy (non-hydrogen) atoms.